The third-order valence-corrected chi connectivity index (χ3v) is 6.07. The van der Waals surface area contributed by atoms with E-state index in [0.717, 1.165) is 32.0 Å². The molecule has 0 aliphatic carbocycles. The number of nitrogens with zero attached hydrogens (tertiary/aromatic N) is 3. The van der Waals surface area contributed by atoms with Crippen molar-refractivity contribution in [3.8, 4) is 0 Å². The third kappa shape index (κ3) is 9.69. The van der Waals surface area contributed by atoms with Crippen LogP contribution in [-0.2, 0) is 0 Å². The van der Waals surface area contributed by atoms with E-state index < -0.39 is 12.7 Å². The number of likely N-dealkylation sites (tertiary alicyclic amines) is 1. The molecule has 5 nitrogen and oxygen atoms in total. The molecular weight excluding hydrogens is 526 g/mol. The van der Waals surface area contributed by atoms with Gasteiger partial charge in [0.2, 0.25) is 0 Å². The molecule has 1 saturated heterocycles. The van der Waals surface area contributed by atoms with Crippen LogP contribution in [-0.4, -0.2) is 75.3 Å². The monoisotopic (exact) mass is 561 g/mol. The van der Waals surface area contributed by atoms with Gasteiger partial charge < -0.3 is 10.6 Å². The van der Waals surface area contributed by atoms with Gasteiger partial charge in [0.25, 0.3) is 0 Å². The predicted octanol–water partition coefficient (Wildman–Crippen LogP) is 4.19. The van der Waals surface area contributed by atoms with Gasteiger partial charge in [-0.05, 0) is 70.7 Å². The molecule has 1 aromatic rings. The zero-order valence-electron chi connectivity index (χ0n) is 18.0. The first-order valence-electron chi connectivity index (χ1n) is 10.3. The number of guanidine groups is 1. The number of piperidine rings is 1. The van der Waals surface area contributed by atoms with Crippen molar-refractivity contribution in [3.63, 3.8) is 0 Å². The Morgan fingerprint density at radius 2 is 2.13 bits per heavy atom. The molecule has 2 heterocycles. The summed E-state index contributed by atoms with van der Waals surface area (Å²) in [4.78, 5) is 9.90. The maximum Gasteiger partial charge on any atom is 0.401 e. The van der Waals surface area contributed by atoms with Crippen molar-refractivity contribution in [2.45, 2.75) is 38.4 Å². The summed E-state index contributed by atoms with van der Waals surface area (Å²) in [6.07, 6.45) is -1.20. The molecule has 0 radical (unpaired) electrons. The van der Waals surface area contributed by atoms with Crippen LogP contribution in [0.15, 0.2) is 22.5 Å². The van der Waals surface area contributed by atoms with Gasteiger partial charge in [0.15, 0.2) is 5.96 Å². The van der Waals surface area contributed by atoms with Crippen LogP contribution in [0.3, 0.4) is 0 Å². The number of aliphatic imine (C=N–C) groups is 1. The number of hydrogen-bond donors (Lipinski definition) is 2. The Kier molecular flexibility index (Phi) is 12.6. The molecule has 10 heteroatoms. The Bertz CT molecular complexity index is 612. The number of nitrogens with one attached hydrogen (secondary N) is 2. The maximum atomic E-state index is 12.4. The molecule has 2 rings (SSSR count). The molecule has 2 N–H and O–H groups in total. The van der Waals surface area contributed by atoms with Gasteiger partial charge in [-0.2, -0.15) is 13.2 Å². The lowest BCUT2D eigenvalue weighted by molar-refractivity contribution is -0.143. The zero-order valence-corrected chi connectivity index (χ0v) is 21.2. The van der Waals surface area contributed by atoms with E-state index >= 15 is 0 Å². The van der Waals surface area contributed by atoms with Crippen LogP contribution < -0.4 is 10.6 Å². The van der Waals surface area contributed by atoms with Gasteiger partial charge in [0.05, 0.1) is 6.54 Å². The normalized spacial score (nSPS) is 20.8. The van der Waals surface area contributed by atoms with Crippen molar-refractivity contribution in [1.29, 1.82) is 0 Å². The fourth-order valence-electron chi connectivity index (χ4n) is 3.85. The number of rotatable bonds is 9. The second kappa shape index (κ2) is 13.7. The maximum absolute atomic E-state index is 12.4. The molecule has 0 amide bonds. The van der Waals surface area contributed by atoms with Gasteiger partial charge >= 0.3 is 6.18 Å². The first kappa shape index (κ1) is 27.4. The van der Waals surface area contributed by atoms with Gasteiger partial charge in [-0.3, -0.25) is 14.8 Å². The molecule has 1 aliphatic heterocycles. The predicted molar refractivity (Wildman–Crippen MR) is 130 cm³/mol. The van der Waals surface area contributed by atoms with E-state index in [0.29, 0.717) is 31.5 Å². The largest absolute Gasteiger partial charge is 0.401 e. The van der Waals surface area contributed by atoms with Gasteiger partial charge in [0, 0.05) is 30.6 Å². The van der Waals surface area contributed by atoms with Crippen molar-refractivity contribution in [1.82, 2.24) is 20.4 Å². The lowest BCUT2D eigenvalue weighted by Gasteiger charge is -2.38. The summed E-state index contributed by atoms with van der Waals surface area (Å²) in [5.41, 5.74) is 0. The molecular formula is C20H35F3IN5S. The molecule has 0 bridgehead atoms. The van der Waals surface area contributed by atoms with Crippen LogP contribution in [0.4, 0.5) is 13.2 Å². The Balaban J connectivity index is 0.00000450. The van der Waals surface area contributed by atoms with Crippen molar-refractivity contribution >= 4 is 41.3 Å². The van der Waals surface area contributed by atoms with E-state index in [9.17, 15) is 13.2 Å². The Morgan fingerprint density at radius 3 is 2.77 bits per heavy atom. The van der Waals surface area contributed by atoms with Crippen LogP contribution >= 0.6 is 35.3 Å². The smallest absolute Gasteiger partial charge is 0.357 e. The standard InChI is InChI=1S/C20H34F3N5S.HI/c1-4-24-19(25-10-7-11-27(2)15-20(21,22)23)26-14-16-8-5-12-28(3)18(16)17-9-6-13-29-17;/h6,9,13,16,18H,4-5,7-8,10-12,14-15H2,1-3H3,(H2,24,25,26);1H. The van der Waals surface area contributed by atoms with Crippen molar-refractivity contribution in [2.24, 2.45) is 10.9 Å². The number of alkyl halides is 3. The van der Waals surface area contributed by atoms with E-state index in [1.807, 2.05) is 6.92 Å². The number of halogens is 4. The second-order valence-electron chi connectivity index (χ2n) is 7.70. The highest BCUT2D eigenvalue weighted by atomic mass is 127. The van der Waals surface area contributed by atoms with Gasteiger partial charge in [-0.15, -0.1) is 35.3 Å². The van der Waals surface area contributed by atoms with Gasteiger partial charge in [0.1, 0.15) is 0 Å². The van der Waals surface area contributed by atoms with Crippen molar-refractivity contribution < 1.29 is 13.2 Å². The summed E-state index contributed by atoms with van der Waals surface area (Å²) in [5.74, 6) is 1.20. The summed E-state index contributed by atoms with van der Waals surface area (Å²) < 4.78 is 37.2. The summed E-state index contributed by atoms with van der Waals surface area (Å²) in [6, 6.07) is 4.70. The molecule has 0 aromatic carbocycles. The Morgan fingerprint density at radius 1 is 1.37 bits per heavy atom. The average molecular weight is 562 g/mol. The molecule has 30 heavy (non-hydrogen) atoms. The highest BCUT2D eigenvalue weighted by Gasteiger charge is 2.31. The molecule has 1 fully saturated rings. The summed E-state index contributed by atoms with van der Waals surface area (Å²) in [6.45, 7) is 4.70. The van der Waals surface area contributed by atoms with E-state index in [4.69, 9.17) is 4.99 Å². The van der Waals surface area contributed by atoms with E-state index in [1.165, 1.54) is 23.2 Å². The fourth-order valence-corrected chi connectivity index (χ4v) is 4.83. The summed E-state index contributed by atoms with van der Waals surface area (Å²) in [5, 5.41) is 8.63. The lowest BCUT2D eigenvalue weighted by Crippen LogP contribution is -2.41. The minimum absolute atomic E-state index is 0. The SMILES string of the molecule is CCNC(=NCC1CCCN(C)C1c1cccs1)NCCCN(C)CC(F)(F)F.I. The molecule has 2 atom stereocenters. The van der Waals surface area contributed by atoms with Crippen LogP contribution in [0.5, 0.6) is 0 Å². The third-order valence-electron chi connectivity index (χ3n) is 5.13. The quantitative estimate of drug-likeness (QED) is 0.206. The fraction of sp³-hybridized carbons (Fsp3) is 0.750. The van der Waals surface area contributed by atoms with E-state index in [2.05, 4.69) is 40.1 Å². The number of hydrogen-bond acceptors (Lipinski definition) is 4. The van der Waals surface area contributed by atoms with Gasteiger partial charge in [-0.25, -0.2) is 0 Å². The number of thiophene rings is 1. The van der Waals surface area contributed by atoms with Crippen LogP contribution in [0.1, 0.15) is 37.1 Å². The first-order chi connectivity index (χ1) is 13.8. The topological polar surface area (TPSA) is 42.9 Å². The van der Waals surface area contributed by atoms with Crippen LogP contribution in [0, 0.1) is 5.92 Å². The minimum Gasteiger partial charge on any atom is -0.357 e. The highest BCUT2D eigenvalue weighted by Crippen LogP contribution is 2.37. The summed E-state index contributed by atoms with van der Waals surface area (Å²) in [7, 11) is 3.68. The van der Waals surface area contributed by atoms with Crippen molar-refractivity contribution in [3.05, 3.63) is 22.4 Å². The molecule has 0 saturated carbocycles. The molecule has 1 aliphatic rings. The minimum atomic E-state index is -4.15. The molecule has 2 unspecified atom stereocenters. The summed E-state index contributed by atoms with van der Waals surface area (Å²) >= 11 is 1.80. The zero-order chi connectivity index (χ0) is 21.3. The molecule has 1 aromatic heterocycles. The highest BCUT2D eigenvalue weighted by molar-refractivity contribution is 14.0. The average Bonchev–Trinajstić information content (AvgIpc) is 3.15. The van der Waals surface area contributed by atoms with Crippen molar-refractivity contribution in [2.75, 3.05) is 53.4 Å². The Labute approximate surface area is 199 Å². The van der Waals surface area contributed by atoms with Crippen LogP contribution in [0.25, 0.3) is 0 Å². The van der Waals surface area contributed by atoms with E-state index in [-0.39, 0.29) is 24.0 Å². The Hall–Kier alpha value is -0.590. The molecule has 0 spiro atoms. The second-order valence-corrected chi connectivity index (χ2v) is 8.68. The molecule has 174 valence electrons. The van der Waals surface area contributed by atoms with Crippen LogP contribution in [0.2, 0.25) is 0 Å². The first-order valence-corrected chi connectivity index (χ1v) is 11.2. The lowest BCUT2D eigenvalue weighted by atomic mass is 9.88. The van der Waals surface area contributed by atoms with Gasteiger partial charge in [-0.1, -0.05) is 6.07 Å². The van der Waals surface area contributed by atoms with E-state index in [1.54, 1.807) is 11.3 Å².